The van der Waals surface area contributed by atoms with Crippen LogP contribution >= 0.6 is 27.3 Å². The van der Waals surface area contributed by atoms with Gasteiger partial charge in [-0.2, -0.15) is 0 Å². The van der Waals surface area contributed by atoms with Crippen LogP contribution in [0.5, 0.6) is 0 Å². The third kappa shape index (κ3) is 5.04. The zero-order valence-electron chi connectivity index (χ0n) is 13.8. The van der Waals surface area contributed by atoms with E-state index in [0.29, 0.717) is 0 Å². The number of nitrogens with zero attached hydrogens (tertiary/aromatic N) is 1. The maximum absolute atomic E-state index is 12.1. The Morgan fingerprint density at radius 1 is 1.25 bits per heavy atom. The van der Waals surface area contributed by atoms with Crippen molar-refractivity contribution in [2.45, 2.75) is 13.8 Å². The number of anilines is 1. The molecule has 0 saturated carbocycles. The Balaban J connectivity index is 1.92. The van der Waals surface area contributed by atoms with Gasteiger partial charge in [0, 0.05) is 23.7 Å². The lowest BCUT2D eigenvalue weighted by Crippen LogP contribution is -2.34. The highest BCUT2D eigenvalue weighted by molar-refractivity contribution is 9.11. The van der Waals surface area contributed by atoms with Crippen LogP contribution in [-0.2, 0) is 9.59 Å². The number of aryl methyl sites for hydroxylation is 1. The molecule has 0 radical (unpaired) electrons. The van der Waals surface area contributed by atoms with E-state index in [0.717, 1.165) is 25.5 Å². The number of likely N-dealkylation sites (N-methyl/N-ethyl adjacent to an activating group) is 1. The molecule has 24 heavy (non-hydrogen) atoms. The number of halogens is 1. The molecule has 0 unspecified atom stereocenters. The molecule has 0 aliphatic heterocycles. The smallest absolute Gasteiger partial charge is 0.246 e. The second-order valence-electron chi connectivity index (χ2n) is 5.47. The van der Waals surface area contributed by atoms with Crippen LogP contribution in [0.25, 0.3) is 6.08 Å². The second kappa shape index (κ2) is 8.26. The highest BCUT2D eigenvalue weighted by atomic mass is 79.9. The van der Waals surface area contributed by atoms with Gasteiger partial charge in [-0.05, 0) is 65.2 Å². The molecule has 4 nitrogen and oxygen atoms in total. The molecule has 0 bridgehead atoms. The summed E-state index contributed by atoms with van der Waals surface area (Å²) in [6.45, 7) is 3.96. The fourth-order valence-corrected chi connectivity index (χ4v) is 3.39. The van der Waals surface area contributed by atoms with Crippen LogP contribution in [0.2, 0.25) is 0 Å². The molecule has 2 rings (SSSR count). The van der Waals surface area contributed by atoms with Crippen molar-refractivity contribution >= 4 is 50.8 Å². The van der Waals surface area contributed by atoms with Gasteiger partial charge in [0.05, 0.1) is 10.3 Å². The molecule has 0 fully saturated rings. The second-order valence-corrected chi connectivity index (χ2v) is 7.96. The minimum Gasteiger partial charge on any atom is -0.333 e. The lowest BCUT2D eigenvalue weighted by Gasteiger charge is -2.16. The molecular weight excluding hydrogens is 388 g/mol. The van der Waals surface area contributed by atoms with Crippen molar-refractivity contribution in [3.63, 3.8) is 0 Å². The molecule has 1 heterocycles. The van der Waals surface area contributed by atoms with Crippen molar-refractivity contribution in [1.82, 2.24) is 4.90 Å². The molecule has 0 spiro atoms. The largest absolute Gasteiger partial charge is 0.333 e. The maximum Gasteiger partial charge on any atom is 0.246 e. The molecule has 1 aromatic heterocycles. The lowest BCUT2D eigenvalue weighted by molar-refractivity contribution is -0.129. The zero-order chi connectivity index (χ0) is 17.7. The Morgan fingerprint density at radius 3 is 2.67 bits per heavy atom. The van der Waals surface area contributed by atoms with Crippen LogP contribution in [0.1, 0.15) is 16.0 Å². The first-order chi connectivity index (χ1) is 11.4. The quantitative estimate of drug-likeness (QED) is 0.754. The zero-order valence-corrected chi connectivity index (χ0v) is 16.2. The average molecular weight is 407 g/mol. The number of thiophene rings is 1. The van der Waals surface area contributed by atoms with E-state index in [1.54, 1.807) is 13.1 Å². The molecule has 2 aromatic rings. The molecule has 1 N–H and O–H groups in total. The molecule has 0 atom stereocenters. The first-order valence-corrected chi connectivity index (χ1v) is 9.02. The first kappa shape index (κ1) is 18.4. The molecule has 0 aliphatic rings. The first-order valence-electron chi connectivity index (χ1n) is 7.41. The monoisotopic (exact) mass is 406 g/mol. The van der Waals surface area contributed by atoms with E-state index in [1.807, 2.05) is 44.2 Å². The minimum absolute atomic E-state index is 0.00465. The minimum atomic E-state index is -0.216. The summed E-state index contributed by atoms with van der Waals surface area (Å²) in [4.78, 5) is 26.6. The van der Waals surface area contributed by atoms with Crippen molar-refractivity contribution in [3.8, 4) is 0 Å². The molecule has 0 saturated heterocycles. The Labute approximate surface area is 154 Å². The third-order valence-corrected chi connectivity index (χ3v) is 5.21. The van der Waals surface area contributed by atoms with Crippen LogP contribution in [0.15, 0.2) is 40.2 Å². The van der Waals surface area contributed by atoms with Gasteiger partial charge in [-0.3, -0.25) is 9.59 Å². The van der Waals surface area contributed by atoms with Crippen molar-refractivity contribution in [2.75, 3.05) is 18.9 Å². The standard InChI is InChI=1S/C18H19BrN2O2S/c1-12-5-4-6-15(13(12)2)20-17(22)11-21(3)18(23)10-8-14-7-9-16(19)24-14/h4-10H,11H2,1-3H3,(H,20,22)/b10-8+. The van der Waals surface area contributed by atoms with Crippen LogP contribution in [0.3, 0.4) is 0 Å². The molecule has 1 aromatic carbocycles. The normalized spacial score (nSPS) is 10.8. The van der Waals surface area contributed by atoms with E-state index < -0.39 is 0 Å². The predicted molar refractivity (Wildman–Crippen MR) is 103 cm³/mol. The van der Waals surface area contributed by atoms with Crippen LogP contribution in [-0.4, -0.2) is 30.3 Å². The topological polar surface area (TPSA) is 49.4 Å². The van der Waals surface area contributed by atoms with Crippen molar-refractivity contribution < 1.29 is 9.59 Å². The van der Waals surface area contributed by atoms with Gasteiger partial charge in [-0.15, -0.1) is 11.3 Å². The fraction of sp³-hybridized carbons (Fsp3) is 0.222. The summed E-state index contributed by atoms with van der Waals surface area (Å²) in [5, 5.41) is 2.85. The number of rotatable bonds is 5. The van der Waals surface area contributed by atoms with Gasteiger partial charge < -0.3 is 10.2 Å². The summed E-state index contributed by atoms with van der Waals surface area (Å²) in [7, 11) is 1.61. The Hall–Kier alpha value is -1.92. The summed E-state index contributed by atoms with van der Waals surface area (Å²) in [6.07, 6.45) is 3.22. The highest BCUT2D eigenvalue weighted by Gasteiger charge is 2.12. The molecule has 2 amide bonds. The SMILES string of the molecule is Cc1cccc(NC(=O)CN(C)C(=O)/C=C/c2ccc(Br)s2)c1C. The maximum atomic E-state index is 12.1. The van der Waals surface area contributed by atoms with Crippen molar-refractivity contribution in [3.05, 3.63) is 56.2 Å². The summed E-state index contributed by atoms with van der Waals surface area (Å²) in [6, 6.07) is 9.60. The van der Waals surface area contributed by atoms with Crippen LogP contribution < -0.4 is 5.32 Å². The van der Waals surface area contributed by atoms with Gasteiger partial charge in [0.2, 0.25) is 11.8 Å². The fourth-order valence-electron chi connectivity index (χ4n) is 2.07. The van der Waals surface area contributed by atoms with E-state index in [2.05, 4.69) is 21.2 Å². The number of hydrogen-bond acceptors (Lipinski definition) is 3. The molecule has 126 valence electrons. The molecule has 6 heteroatoms. The van der Waals surface area contributed by atoms with Crippen molar-refractivity contribution in [2.24, 2.45) is 0 Å². The van der Waals surface area contributed by atoms with E-state index >= 15 is 0 Å². The number of nitrogens with one attached hydrogen (secondary N) is 1. The number of benzene rings is 1. The summed E-state index contributed by atoms with van der Waals surface area (Å²) >= 11 is 4.92. The highest BCUT2D eigenvalue weighted by Crippen LogP contribution is 2.23. The number of amides is 2. The number of hydrogen-bond donors (Lipinski definition) is 1. The Morgan fingerprint density at radius 2 is 2.00 bits per heavy atom. The Kier molecular flexibility index (Phi) is 6.34. The van der Waals surface area contributed by atoms with E-state index in [4.69, 9.17) is 0 Å². The third-order valence-electron chi connectivity index (χ3n) is 3.62. The van der Waals surface area contributed by atoms with Crippen molar-refractivity contribution in [1.29, 1.82) is 0 Å². The lowest BCUT2D eigenvalue weighted by atomic mass is 10.1. The average Bonchev–Trinajstić information content (AvgIpc) is 2.95. The van der Waals surface area contributed by atoms with Gasteiger partial charge in [0.1, 0.15) is 0 Å². The molecular formula is C18H19BrN2O2S. The van der Waals surface area contributed by atoms with Gasteiger partial charge in [-0.1, -0.05) is 12.1 Å². The van der Waals surface area contributed by atoms with Gasteiger partial charge in [0.15, 0.2) is 0 Å². The number of carbonyl (C=O) groups excluding carboxylic acids is 2. The van der Waals surface area contributed by atoms with E-state index in [9.17, 15) is 9.59 Å². The van der Waals surface area contributed by atoms with E-state index in [1.165, 1.54) is 22.3 Å². The summed E-state index contributed by atoms with van der Waals surface area (Å²) < 4.78 is 1.01. The predicted octanol–water partition coefficient (Wildman–Crippen LogP) is 4.24. The summed E-state index contributed by atoms with van der Waals surface area (Å²) in [5.41, 5.74) is 2.92. The molecule has 0 aliphatic carbocycles. The van der Waals surface area contributed by atoms with Crippen LogP contribution in [0, 0.1) is 13.8 Å². The van der Waals surface area contributed by atoms with Gasteiger partial charge in [-0.25, -0.2) is 0 Å². The number of carbonyl (C=O) groups is 2. The summed E-state index contributed by atoms with van der Waals surface area (Å²) in [5.74, 6) is -0.428. The van der Waals surface area contributed by atoms with Gasteiger partial charge in [0.25, 0.3) is 0 Å². The van der Waals surface area contributed by atoms with E-state index in [-0.39, 0.29) is 18.4 Å². The van der Waals surface area contributed by atoms with Gasteiger partial charge >= 0.3 is 0 Å². The Bertz CT molecular complexity index is 783. The van der Waals surface area contributed by atoms with Crippen LogP contribution in [0.4, 0.5) is 5.69 Å².